The van der Waals surface area contributed by atoms with Gasteiger partial charge in [0, 0.05) is 33.0 Å². The number of anilines is 1. The highest BCUT2D eigenvalue weighted by molar-refractivity contribution is 5.38. The standard InChI is InChI=1S/C10H15N5/c1-14-7-9(5-12-14)3-4-11-10-6-13-15(2)8-10/h5-8,11H,3-4H2,1-2H3. The van der Waals surface area contributed by atoms with E-state index in [0.717, 1.165) is 18.7 Å². The van der Waals surface area contributed by atoms with E-state index in [1.54, 1.807) is 4.68 Å². The molecule has 0 aromatic carbocycles. The van der Waals surface area contributed by atoms with Gasteiger partial charge in [0.05, 0.1) is 18.1 Å². The third-order valence-electron chi connectivity index (χ3n) is 2.21. The van der Waals surface area contributed by atoms with Gasteiger partial charge in [-0.05, 0) is 12.0 Å². The van der Waals surface area contributed by atoms with Gasteiger partial charge in [0.15, 0.2) is 0 Å². The van der Waals surface area contributed by atoms with Crippen molar-refractivity contribution in [3.8, 4) is 0 Å². The van der Waals surface area contributed by atoms with E-state index in [9.17, 15) is 0 Å². The lowest BCUT2D eigenvalue weighted by Crippen LogP contribution is -2.03. The van der Waals surface area contributed by atoms with E-state index in [4.69, 9.17) is 0 Å². The fraction of sp³-hybridized carbons (Fsp3) is 0.400. The molecule has 2 rings (SSSR count). The zero-order valence-corrected chi connectivity index (χ0v) is 9.01. The summed E-state index contributed by atoms with van der Waals surface area (Å²) in [6.45, 7) is 0.900. The zero-order chi connectivity index (χ0) is 10.7. The maximum absolute atomic E-state index is 4.12. The van der Waals surface area contributed by atoms with Gasteiger partial charge < -0.3 is 5.32 Å². The third kappa shape index (κ3) is 2.59. The van der Waals surface area contributed by atoms with Crippen LogP contribution in [0.4, 0.5) is 5.69 Å². The molecule has 1 N–H and O–H groups in total. The second kappa shape index (κ2) is 4.16. The number of nitrogens with zero attached hydrogens (tertiary/aromatic N) is 4. The Bertz CT molecular complexity index is 388. The molecule has 0 atom stereocenters. The van der Waals surface area contributed by atoms with Crippen LogP contribution in [0.5, 0.6) is 0 Å². The van der Waals surface area contributed by atoms with E-state index >= 15 is 0 Å². The minimum absolute atomic E-state index is 0.900. The van der Waals surface area contributed by atoms with Crippen LogP contribution in [0.15, 0.2) is 24.8 Å². The van der Waals surface area contributed by atoms with Crippen LogP contribution in [-0.4, -0.2) is 26.1 Å². The van der Waals surface area contributed by atoms with Crippen LogP contribution in [0.2, 0.25) is 0 Å². The lowest BCUT2D eigenvalue weighted by atomic mass is 10.2. The molecule has 0 amide bonds. The Kier molecular flexibility index (Phi) is 2.71. The monoisotopic (exact) mass is 205 g/mol. The lowest BCUT2D eigenvalue weighted by Gasteiger charge is -2.00. The van der Waals surface area contributed by atoms with Crippen LogP contribution in [0.3, 0.4) is 0 Å². The van der Waals surface area contributed by atoms with Crippen LogP contribution in [0.25, 0.3) is 0 Å². The molecule has 80 valence electrons. The molecular formula is C10H15N5. The predicted molar refractivity (Wildman–Crippen MR) is 58.6 cm³/mol. The summed E-state index contributed by atoms with van der Waals surface area (Å²) in [5.74, 6) is 0. The molecule has 0 saturated carbocycles. The number of aromatic nitrogens is 4. The van der Waals surface area contributed by atoms with Gasteiger partial charge in [-0.1, -0.05) is 0 Å². The van der Waals surface area contributed by atoms with Crippen molar-refractivity contribution in [1.29, 1.82) is 0 Å². The molecule has 0 radical (unpaired) electrons. The number of hydrogen-bond acceptors (Lipinski definition) is 3. The lowest BCUT2D eigenvalue weighted by molar-refractivity contribution is 0.766. The molecule has 0 bridgehead atoms. The number of nitrogens with one attached hydrogen (secondary N) is 1. The molecule has 0 unspecified atom stereocenters. The minimum atomic E-state index is 0.900. The Balaban J connectivity index is 1.80. The highest BCUT2D eigenvalue weighted by atomic mass is 15.3. The van der Waals surface area contributed by atoms with Crippen molar-refractivity contribution in [2.45, 2.75) is 6.42 Å². The van der Waals surface area contributed by atoms with Gasteiger partial charge in [0.1, 0.15) is 0 Å². The van der Waals surface area contributed by atoms with Gasteiger partial charge in [0.25, 0.3) is 0 Å². The van der Waals surface area contributed by atoms with Gasteiger partial charge in [-0.25, -0.2) is 0 Å². The summed E-state index contributed by atoms with van der Waals surface area (Å²) >= 11 is 0. The van der Waals surface area contributed by atoms with E-state index in [0.29, 0.717) is 0 Å². The third-order valence-corrected chi connectivity index (χ3v) is 2.21. The number of hydrogen-bond donors (Lipinski definition) is 1. The molecule has 0 aliphatic heterocycles. The van der Waals surface area contributed by atoms with Crippen LogP contribution >= 0.6 is 0 Å². The maximum atomic E-state index is 4.12. The molecule has 0 aliphatic carbocycles. The molecular weight excluding hydrogens is 190 g/mol. The average Bonchev–Trinajstić information content (AvgIpc) is 2.76. The first kappa shape index (κ1) is 9.76. The fourth-order valence-electron chi connectivity index (χ4n) is 1.46. The molecule has 2 aromatic heterocycles. The molecule has 2 aromatic rings. The molecule has 0 aliphatic rings. The van der Waals surface area contributed by atoms with Crippen LogP contribution in [0.1, 0.15) is 5.56 Å². The molecule has 5 heteroatoms. The van der Waals surface area contributed by atoms with Gasteiger partial charge in [-0.2, -0.15) is 10.2 Å². The summed E-state index contributed by atoms with van der Waals surface area (Å²) in [4.78, 5) is 0. The maximum Gasteiger partial charge on any atom is 0.0726 e. The van der Waals surface area contributed by atoms with Crippen molar-refractivity contribution in [3.05, 3.63) is 30.4 Å². The van der Waals surface area contributed by atoms with Crippen molar-refractivity contribution >= 4 is 5.69 Å². The quantitative estimate of drug-likeness (QED) is 0.803. The van der Waals surface area contributed by atoms with Crippen molar-refractivity contribution in [2.24, 2.45) is 14.1 Å². The first-order valence-corrected chi connectivity index (χ1v) is 4.94. The number of rotatable bonds is 4. The largest absolute Gasteiger partial charge is 0.382 e. The van der Waals surface area contributed by atoms with Gasteiger partial charge in [-0.15, -0.1) is 0 Å². The van der Waals surface area contributed by atoms with Gasteiger partial charge in [-0.3, -0.25) is 9.36 Å². The van der Waals surface area contributed by atoms with Crippen LogP contribution in [0, 0.1) is 0 Å². The molecule has 0 spiro atoms. The van der Waals surface area contributed by atoms with Crippen molar-refractivity contribution in [3.63, 3.8) is 0 Å². The van der Waals surface area contributed by atoms with E-state index in [1.165, 1.54) is 5.56 Å². The second-order valence-corrected chi connectivity index (χ2v) is 3.60. The Morgan fingerprint density at radius 1 is 1.13 bits per heavy atom. The minimum Gasteiger partial charge on any atom is -0.382 e. The Hall–Kier alpha value is -1.78. The highest BCUT2D eigenvalue weighted by Crippen LogP contribution is 2.04. The summed E-state index contributed by atoms with van der Waals surface area (Å²) in [5, 5.41) is 11.5. The molecule has 0 saturated heterocycles. The van der Waals surface area contributed by atoms with Crippen molar-refractivity contribution in [2.75, 3.05) is 11.9 Å². The van der Waals surface area contributed by atoms with Crippen molar-refractivity contribution in [1.82, 2.24) is 19.6 Å². The topological polar surface area (TPSA) is 47.7 Å². The summed E-state index contributed by atoms with van der Waals surface area (Å²) in [6, 6.07) is 0. The number of aryl methyl sites for hydroxylation is 2. The molecule has 2 heterocycles. The predicted octanol–water partition coefficient (Wildman–Crippen LogP) is 0.808. The smallest absolute Gasteiger partial charge is 0.0726 e. The van der Waals surface area contributed by atoms with E-state index in [1.807, 2.05) is 43.6 Å². The Labute approximate surface area is 88.7 Å². The highest BCUT2D eigenvalue weighted by Gasteiger charge is 1.97. The summed E-state index contributed by atoms with van der Waals surface area (Å²) in [5.41, 5.74) is 2.30. The summed E-state index contributed by atoms with van der Waals surface area (Å²) in [6.07, 6.45) is 8.69. The molecule has 0 fully saturated rings. The van der Waals surface area contributed by atoms with E-state index in [-0.39, 0.29) is 0 Å². The summed E-state index contributed by atoms with van der Waals surface area (Å²) < 4.78 is 3.60. The Morgan fingerprint density at radius 3 is 2.47 bits per heavy atom. The average molecular weight is 205 g/mol. The normalized spacial score (nSPS) is 10.5. The summed E-state index contributed by atoms with van der Waals surface area (Å²) in [7, 11) is 3.84. The first-order chi connectivity index (χ1) is 7.24. The Morgan fingerprint density at radius 2 is 1.87 bits per heavy atom. The van der Waals surface area contributed by atoms with Crippen LogP contribution < -0.4 is 5.32 Å². The second-order valence-electron chi connectivity index (χ2n) is 3.60. The van der Waals surface area contributed by atoms with Gasteiger partial charge >= 0.3 is 0 Å². The fourth-order valence-corrected chi connectivity index (χ4v) is 1.46. The molecule has 15 heavy (non-hydrogen) atoms. The molecule has 5 nitrogen and oxygen atoms in total. The van der Waals surface area contributed by atoms with E-state index < -0.39 is 0 Å². The van der Waals surface area contributed by atoms with Gasteiger partial charge in [0.2, 0.25) is 0 Å². The van der Waals surface area contributed by atoms with E-state index in [2.05, 4.69) is 15.5 Å². The van der Waals surface area contributed by atoms with Crippen molar-refractivity contribution < 1.29 is 0 Å². The first-order valence-electron chi connectivity index (χ1n) is 4.94. The SMILES string of the molecule is Cn1cc(CCNc2cnn(C)c2)cn1. The zero-order valence-electron chi connectivity index (χ0n) is 9.01. The van der Waals surface area contributed by atoms with Crippen LogP contribution in [-0.2, 0) is 20.5 Å².